The number of aryl methyl sites for hydroxylation is 3. The molecule has 27 heavy (non-hydrogen) atoms. The van der Waals surface area contributed by atoms with Gasteiger partial charge >= 0.3 is 0 Å². The predicted molar refractivity (Wildman–Crippen MR) is 115 cm³/mol. The maximum Gasteiger partial charge on any atom is 0.248 e. The molecule has 0 aliphatic rings. The first kappa shape index (κ1) is 21.4. The number of hydrogen-bond donors (Lipinski definition) is 1. The quantitative estimate of drug-likeness (QED) is 0.698. The van der Waals surface area contributed by atoms with Crippen molar-refractivity contribution >= 4 is 43.2 Å². The molecule has 0 aliphatic carbocycles. The van der Waals surface area contributed by atoms with Crippen LogP contribution in [0.25, 0.3) is 0 Å². The van der Waals surface area contributed by atoms with Crippen molar-refractivity contribution in [2.24, 2.45) is 0 Å². The summed E-state index contributed by atoms with van der Waals surface area (Å²) in [5.74, 6) is -0.358. The van der Waals surface area contributed by atoms with Crippen LogP contribution in [0.2, 0.25) is 0 Å². The molecule has 0 radical (unpaired) electrons. The summed E-state index contributed by atoms with van der Waals surface area (Å²) in [6.07, 6.45) is 1.48. The zero-order valence-corrected chi connectivity index (χ0v) is 18.6. The van der Waals surface area contributed by atoms with E-state index in [-0.39, 0.29) is 5.91 Å². The van der Waals surface area contributed by atoms with E-state index >= 15 is 0 Å². The maximum absolute atomic E-state index is 12.9. The Bertz CT molecular complexity index is 958. The fourth-order valence-electron chi connectivity index (χ4n) is 2.87. The highest BCUT2D eigenvalue weighted by Crippen LogP contribution is 2.26. The number of nitrogens with one attached hydrogen (secondary N) is 1. The van der Waals surface area contributed by atoms with Crippen molar-refractivity contribution in [1.29, 1.82) is 0 Å². The molecule has 0 saturated carbocycles. The molecule has 1 unspecified atom stereocenters. The van der Waals surface area contributed by atoms with E-state index in [1.165, 1.54) is 4.31 Å². The van der Waals surface area contributed by atoms with Crippen molar-refractivity contribution in [3.8, 4) is 0 Å². The van der Waals surface area contributed by atoms with Gasteiger partial charge in [0.05, 0.1) is 11.9 Å². The highest BCUT2D eigenvalue weighted by molar-refractivity contribution is 9.10. The van der Waals surface area contributed by atoms with Crippen molar-refractivity contribution in [2.75, 3.05) is 15.9 Å². The van der Waals surface area contributed by atoms with Crippen LogP contribution in [0.3, 0.4) is 0 Å². The first-order valence-corrected chi connectivity index (χ1v) is 11.3. The Labute approximate surface area is 170 Å². The van der Waals surface area contributed by atoms with Gasteiger partial charge in [0.15, 0.2) is 0 Å². The number of halogens is 1. The van der Waals surface area contributed by atoms with Crippen LogP contribution in [-0.2, 0) is 14.8 Å². The van der Waals surface area contributed by atoms with Gasteiger partial charge in [0.25, 0.3) is 0 Å². The third-order valence-corrected chi connectivity index (χ3v) is 6.57. The third-order valence-electron chi connectivity index (χ3n) is 4.50. The standard InChI is InChI=1S/C20H25BrN2O3S/c1-6-19(20(24)22-16-8-10-18(21)15(4)11-16)23(27(5,25)26)17-9-7-13(2)14(3)12-17/h7-12,19H,6H2,1-5H3,(H,22,24). The van der Waals surface area contributed by atoms with E-state index in [9.17, 15) is 13.2 Å². The second-order valence-corrected chi connectivity index (χ2v) is 9.42. The average molecular weight is 453 g/mol. The molecular weight excluding hydrogens is 428 g/mol. The Morgan fingerprint density at radius 1 is 1.07 bits per heavy atom. The van der Waals surface area contributed by atoms with Gasteiger partial charge in [-0.25, -0.2) is 8.42 Å². The lowest BCUT2D eigenvalue weighted by atomic mass is 10.1. The first-order valence-electron chi connectivity index (χ1n) is 8.68. The van der Waals surface area contributed by atoms with Crippen LogP contribution in [-0.4, -0.2) is 26.6 Å². The van der Waals surface area contributed by atoms with Gasteiger partial charge in [-0.1, -0.05) is 28.9 Å². The second kappa shape index (κ2) is 8.44. The normalized spacial score (nSPS) is 12.5. The average Bonchev–Trinajstić information content (AvgIpc) is 2.57. The number of nitrogens with zero attached hydrogens (tertiary/aromatic N) is 1. The smallest absolute Gasteiger partial charge is 0.248 e. The number of hydrogen-bond acceptors (Lipinski definition) is 3. The molecule has 1 atom stereocenters. The van der Waals surface area contributed by atoms with Crippen LogP contribution in [0, 0.1) is 20.8 Å². The van der Waals surface area contributed by atoms with Crippen molar-refractivity contribution in [3.63, 3.8) is 0 Å². The van der Waals surface area contributed by atoms with E-state index in [0.717, 1.165) is 27.4 Å². The van der Waals surface area contributed by atoms with Gasteiger partial charge in [-0.2, -0.15) is 0 Å². The van der Waals surface area contributed by atoms with E-state index in [4.69, 9.17) is 0 Å². The molecule has 2 aromatic carbocycles. The molecule has 0 heterocycles. The van der Waals surface area contributed by atoms with Gasteiger partial charge in [-0.05, 0) is 74.2 Å². The number of sulfonamides is 1. The molecule has 7 heteroatoms. The molecule has 5 nitrogen and oxygen atoms in total. The van der Waals surface area contributed by atoms with Gasteiger partial charge in [-0.3, -0.25) is 9.10 Å². The van der Waals surface area contributed by atoms with Gasteiger partial charge in [0, 0.05) is 10.2 Å². The number of anilines is 2. The predicted octanol–water partition coefficient (Wildman–Crippen LogP) is 4.56. The molecule has 146 valence electrons. The molecule has 1 amide bonds. The van der Waals surface area contributed by atoms with Crippen LogP contribution in [0.15, 0.2) is 40.9 Å². The largest absolute Gasteiger partial charge is 0.324 e. The van der Waals surface area contributed by atoms with Crippen LogP contribution in [0.1, 0.15) is 30.0 Å². The van der Waals surface area contributed by atoms with Crippen molar-refractivity contribution in [1.82, 2.24) is 0 Å². The number of carbonyl (C=O) groups is 1. The van der Waals surface area contributed by atoms with Gasteiger partial charge in [0.2, 0.25) is 15.9 Å². The fraction of sp³-hybridized carbons (Fsp3) is 0.350. The second-order valence-electron chi connectivity index (χ2n) is 6.70. The van der Waals surface area contributed by atoms with Crippen molar-refractivity contribution in [3.05, 3.63) is 57.6 Å². The molecule has 0 bridgehead atoms. The van der Waals surface area contributed by atoms with E-state index < -0.39 is 16.1 Å². The summed E-state index contributed by atoms with van der Waals surface area (Å²) in [6.45, 7) is 7.61. The third kappa shape index (κ3) is 5.11. The summed E-state index contributed by atoms with van der Waals surface area (Å²) in [6, 6.07) is 10.0. The van der Waals surface area contributed by atoms with Gasteiger partial charge in [0.1, 0.15) is 6.04 Å². The lowest BCUT2D eigenvalue weighted by Gasteiger charge is -2.30. The minimum atomic E-state index is -3.65. The molecule has 0 fully saturated rings. The van der Waals surface area contributed by atoms with E-state index in [1.807, 2.05) is 39.0 Å². The lowest BCUT2D eigenvalue weighted by Crippen LogP contribution is -2.47. The summed E-state index contributed by atoms with van der Waals surface area (Å²) in [7, 11) is -3.65. The summed E-state index contributed by atoms with van der Waals surface area (Å²) < 4.78 is 27.2. The number of rotatable bonds is 6. The fourth-order valence-corrected chi connectivity index (χ4v) is 4.32. The monoisotopic (exact) mass is 452 g/mol. The van der Waals surface area contributed by atoms with Crippen LogP contribution in [0.4, 0.5) is 11.4 Å². The first-order chi connectivity index (χ1) is 12.5. The SMILES string of the molecule is CCC(C(=O)Nc1ccc(Br)c(C)c1)N(c1ccc(C)c(C)c1)S(C)(=O)=O. The molecule has 2 rings (SSSR count). The lowest BCUT2D eigenvalue weighted by molar-refractivity contribution is -0.117. The molecule has 0 spiro atoms. The van der Waals surface area contributed by atoms with Gasteiger partial charge in [-0.15, -0.1) is 0 Å². The molecule has 1 N–H and O–H groups in total. The van der Waals surface area contributed by atoms with E-state index in [0.29, 0.717) is 17.8 Å². The molecular formula is C20H25BrN2O3S. The Kier molecular flexibility index (Phi) is 6.70. The van der Waals surface area contributed by atoms with Crippen LogP contribution in [0.5, 0.6) is 0 Å². The molecule has 0 saturated heterocycles. The van der Waals surface area contributed by atoms with Crippen LogP contribution >= 0.6 is 15.9 Å². The Morgan fingerprint density at radius 2 is 1.74 bits per heavy atom. The molecule has 0 aromatic heterocycles. The minimum absolute atomic E-state index is 0.349. The number of benzene rings is 2. The summed E-state index contributed by atoms with van der Waals surface area (Å²) >= 11 is 3.43. The zero-order valence-electron chi connectivity index (χ0n) is 16.2. The topological polar surface area (TPSA) is 66.5 Å². The minimum Gasteiger partial charge on any atom is -0.324 e. The Balaban J connectivity index is 2.40. The van der Waals surface area contributed by atoms with Crippen molar-refractivity contribution < 1.29 is 13.2 Å². The van der Waals surface area contributed by atoms with E-state index in [1.54, 1.807) is 25.1 Å². The Hall–Kier alpha value is -1.86. The summed E-state index contributed by atoms with van der Waals surface area (Å²) in [5.41, 5.74) is 4.15. The van der Waals surface area contributed by atoms with Crippen molar-refractivity contribution in [2.45, 2.75) is 40.2 Å². The van der Waals surface area contributed by atoms with E-state index in [2.05, 4.69) is 21.2 Å². The van der Waals surface area contributed by atoms with Crippen LogP contribution < -0.4 is 9.62 Å². The zero-order chi connectivity index (χ0) is 20.4. The molecule has 2 aromatic rings. The number of carbonyl (C=O) groups excluding carboxylic acids is 1. The maximum atomic E-state index is 12.9. The molecule has 0 aliphatic heterocycles. The highest BCUT2D eigenvalue weighted by atomic mass is 79.9. The highest BCUT2D eigenvalue weighted by Gasteiger charge is 2.31. The Morgan fingerprint density at radius 3 is 2.26 bits per heavy atom. The van der Waals surface area contributed by atoms with Gasteiger partial charge < -0.3 is 5.32 Å². The number of amides is 1. The summed E-state index contributed by atoms with van der Waals surface area (Å²) in [5, 5.41) is 2.84. The summed E-state index contributed by atoms with van der Waals surface area (Å²) in [4.78, 5) is 12.9.